The molecule has 1 aromatic carbocycles. The van der Waals surface area contributed by atoms with Gasteiger partial charge in [-0.1, -0.05) is 30.3 Å². The summed E-state index contributed by atoms with van der Waals surface area (Å²) in [6.07, 6.45) is 0. The van der Waals surface area contributed by atoms with Crippen molar-refractivity contribution in [2.75, 3.05) is 13.6 Å². The van der Waals surface area contributed by atoms with Crippen molar-refractivity contribution in [1.82, 2.24) is 10.2 Å². The number of primary amides is 1. The summed E-state index contributed by atoms with van der Waals surface area (Å²) in [4.78, 5) is 24.5. The monoisotopic (exact) mass is 263 g/mol. The maximum Gasteiger partial charge on any atom is 0.237 e. The zero-order valence-corrected chi connectivity index (χ0v) is 11.6. The summed E-state index contributed by atoms with van der Waals surface area (Å²) in [6.45, 7) is 3.73. The minimum atomic E-state index is -0.446. The molecule has 0 aliphatic heterocycles. The fraction of sp³-hybridized carbons (Fsp3) is 0.429. The van der Waals surface area contributed by atoms with E-state index in [9.17, 15) is 9.59 Å². The first-order valence-electron chi connectivity index (χ1n) is 6.25. The van der Waals surface area contributed by atoms with Crippen molar-refractivity contribution < 1.29 is 9.59 Å². The molecule has 1 rings (SSSR count). The molecular weight excluding hydrogens is 242 g/mol. The van der Waals surface area contributed by atoms with Gasteiger partial charge in [-0.05, 0) is 26.5 Å². The molecule has 104 valence electrons. The van der Waals surface area contributed by atoms with E-state index in [1.807, 2.05) is 37.3 Å². The Kier molecular flexibility index (Phi) is 5.51. The topological polar surface area (TPSA) is 75.4 Å². The van der Waals surface area contributed by atoms with Crippen LogP contribution >= 0.6 is 0 Å². The number of hydrogen-bond acceptors (Lipinski definition) is 3. The second-order valence-corrected chi connectivity index (χ2v) is 4.70. The Labute approximate surface area is 113 Å². The molecule has 0 heterocycles. The number of carbonyl (C=O) groups is 2. The molecule has 0 saturated carbocycles. The molecule has 19 heavy (non-hydrogen) atoms. The summed E-state index contributed by atoms with van der Waals surface area (Å²) in [5.41, 5.74) is 6.15. The third-order valence-electron chi connectivity index (χ3n) is 3.10. The smallest absolute Gasteiger partial charge is 0.237 e. The largest absolute Gasteiger partial charge is 0.369 e. The number of rotatable bonds is 6. The van der Waals surface area contributed by atoms with Crippen LogP contribution in [0.4, 0.5) is 0 Å². The molecule has 2 unspecified atom stereocenters. The molecule has 0 bridgehead atoms. The Morgan fingerprint density at radius 1 is 1.26 bits per heavy atom. The van der Waals surface area contributed by atoms with Gasteiger partial charge < -0.3 is 11.1 Å². The first-order valence-corrected chi connectivity index (χ1v) is 6.25. The maximum atomic E-state index is 12.0. The van der Waals surface area contributed by atoms with Gasteiger partial charge in [0.05, 0.1) is 18.6 Å². The van der Waals surface area contributed by atoms with Crippen molar-refractivity contribution in [3.8, 4) is 0 Å². The molecule has 0 saturated heterocycles. The highest BCUT2D eigenvalue weighted by Gasteiger charge is 2.20. The molecular formula is C14H21N3O2. The molecule has 3 N–H and O–H groups in total. The van der Waals surface area contributed by atoms with E-state index in [4.69, 9.17) is 5.73 Å². The van der Waals surface area contributed by atoms with E-state index in [1.165, 1.54) is 0 Å². The number of hydrogen-bond donors (Lipinski definition) is 2. The number of carbonyl (C=O) groups excluding carboxylic acids is 2. The van der Waals surface area contributed by atoms with Gasteiger partial charge in [0, 0.05) is 0 Å². The third kappa shape index (κ3) is 4.71. The summed E-state index contributed by atoms with van der Waals surface area (Å²) < 4.78 is 0. The number of benzene rings is 1. The molecule has 0 aliphatic rings. The Balaban J connectivity index is 2.57. The zero-order chi connectivity index (χ0) is 14.4. The lowest BCUT2D eigenvalue weighted by molar-refractivity contribution is -0.127. The SMILES string of the molecule is CC(NC(=O)C(C)N(C)CC(N)=O)c1ccccc1. The van der Waals surface area contributed by atoms with E-state index < -0.39 is 11.9 Å². The Morgan fingerprint density at radius 3 is 2.37 bits per heavy atom. The van der Waals surface area contributed by atoms with Crippen molar-refractivity contribution in [2.45, 2.75) is 25.9 Å². The number of nitrogens with zero attached hydrogens (tertiary/aromatic N) is 1. The first kappa shape index (κ1) is 15.2. The number of likely N-dealkylation sites (N-methyl/N-ethyl adjacent to an activating group) is 1. The summed E-state index contributed by atoms with van der Waals surface area (Å²) in [5, 5.41) is 2.92. The molecule has 2 amide bonds. The summed E-state index contributed by atoms with van der Waals surface area (Å²) in [7, 11) is 1.70. The Morgan fingerprint density at radius 2 is 1.84 bits per heavy atom. The highest BCUT2D eigenvalue weighted by molar-refractivity contribution is 5.83. The van der Waals surface area contributed by atoms with Crippen LogP contribution in [0.25, 0.3) is 0 Å². The van der Waals surface area contributed by atoms with Crippen LogP contribution in [0.2, 0.25) is 0 Å². The molecule has 0 aromatic heterocycles. The molecule has 5 heteroatoms. The van der Waals surface area contributed by atoms with Crippen molar-refractivity contribution in [2.24, 2.45) is 5.73 Å². The van der Waals surface area contributed by atoms with Gasteiger partial charge in [-0.25, -0.2) is 0 Å². The first-order chi connectivity index (χ1) is 8.91. The van der Waals surface area contributed by atoms with Gasteiger partial charge >= 0.3 is 0 Å². The van der Waals surface area contributed by atoms with Crippen LogP contribution in [0.15, 0.2) is 30.3 Å². The second-order valence-electron chi connectivity index (χ2n) is 4.70. The predicted molar refractivity (Wildman–Crippen MR) is 74.3 cm³/mol. The molecule has 0 fully saturated rings. The highest BCUT2D eigenvalue weighted by Crippen LogP contribution is 2.11. The van der Waals surface area contributed by atoms with Crippen LogP contribution in [0.3, 0.4) is 0 Å². The van der Waals surface area contributed by atoms with Crippen molar-refractivity contribution >= 4 is 11.8 Å². The van der Waals surface area contributed by atoms with Gasteiger partial charge in [-0.2, -0.15) is 0 Å². The van der Waals surface area contributed by atoms with Crippen LogP contribution in [-0.4, -0.2) is 36.3 Å². The number of amides is 2. The van der Waals surface area contributed by atoms with Crippen LogP contribution in [0.5, 0.6) is 0 Å². The van der Waals surface area contributed by atoms with Gasteiger partial charge in [-0.3, -0.25) is 14.5 Å². The lowest BCUT2D eigenvalue weighted by atomic mass is 10.1. The van der Waals surface area contributed by atoms with E-state index in [2.05, 4.69) is 5.32 Å². The molecule has 5 nitrogen and oxygen atoms in total. The fourth-order valence-electron chi connectivity index (χ4n) is 1.74. The maximum absolute atomic E-state index is 12.0. The van der Waals surface area contributed by atoms with Crippen LogP contribution < -0.4 is 11.1 Å². The van der Waals surface area contributed by atoms with Crippen molar-refractivity contribution in [3.63, 3.8) is 0 Å². The minimum absolute atomic E-state index is 0.0638. The summed E-state index contributed by atoms with van der Waals surface area (Å²) >= 11 is 0. The average molecular weight is 263 g/mol. The Hall–Kier alpha value is -1.88. The van der Waals surface area contributed by atoms with Crippen LogP contribution in [0, 0.1) is 0 Å². The Bertz CT molecular complexity index is 434. The van der Waals surface area contributed by atoms with Gasteiger partial charge in [0.1, 0.15) is 0 Å². The summed E-state index contributed by atoms with van der Waals surface area (Å²) in [6, 6.07) is 9.24. The summed E-state index contributed by atoms with van der Waals surface area (Å²) in [5.74, 6) is -0.571. The fourth-order valence-corrected chi connectivity index (χ4v) is 1.74. The molecule has 0 aliphatic carbocycles. The lowest BCUT2D eigenvalue weighted by Crippen LogP contribution is -2.46. The van der Waals surface area contributed by atoms with E-state index in [1.54, 1.807) is 18.9 Å². The number of nitrogens with two attached hydrogens (primary N) is 1. The molecule has 1 aromatic rings. The minimum Gasteiger partial charge on any atom is -0.369 e. The van der Waals surface area contributed by atoms with Gasteiger partial charge in [-0.15, -0.1) is 0 Å². The van der Waals surface area contributed by atoms with Gasteiger partial charge in [0.2, 0.25) is 11.8 Å². The third-order valence-corrected chi connectivity index (χ3v) is 3.10. The van der Waals surface area contributed by atoms with Crippen LogP contribution in [-0.2, 0) is 9.59 Å². The number of nitrogens with one attached hydrogen (secondary N) is 1. The van der Waals surface area contributed by atoms with Gasteiger partial charge in [0.25, 0.3) is 0 Å². The zero-order valence-electron chi connectivity index (χ0n) is 11.6. The molecule has 2 atom stereocenters. The normalized spacial score (nSPS) is 13.9. The van der Waals surface area contributed by atoms with E-state index in [-0.39, 0.29) is 18.5 Å². The standard InChI is InChI=1S/C14H21N3O2/c1-10(12-7-5-4-6-8-12)16-14(19)11(2)17(3)9-13(15)18/h4-8,10-11H,9H2,1-3H3,(H2,15,18)(H,16,19). The van der Waals surface area contributed by atoms with E-state index >= 15 is 0 Å². The molecule has 0 radical (unpaired) electrons. The highest BCUT2D eigenvalue weighted by atomic mass is 16.2. The molecule has 0 spiro atoms. The quantitative estimate of drug-likeness (QED) is 0.792. The van der Waals surface area contributed by atoms with Gasteiger partial charge in [0.15, 0.2) is 0 Å². The van der Waals surface area contributed by atoms with Crippen molar-refractivity contribution in [1.29, 1.82) is 0 Å². The predicted octanol–water partition coefficient (Wildman–Crippen LogP) is 0.669. The average Bonchev–Trinajstić information content (AvgIpc) is 2.37. The van der Waals surface area contributed by atoms with Crippen LogP contribution in [0.1, 0.15) is 25.5 Å². The van der Waals surface area contributed by atoms with E-state index in [0.29, 0.717) is 0 Å². The van der Waals surface area contributed by atoms with Crippen molar-refractivity contribution in [3.05, 3.63) is 35.9 Å². The lowest BCUT2D eigenvalue weighted by Gasteiger charge is -2.24. The van der Waals surface area contributed by atoms with E-state index in [0.717, 1.165) is 5.56 Å². The second kappa shape index (κ2) is 6.89.